The van der Waals surface area contributed by atoms with Crippen molar-refractivity contribution in [2.75, 3.05) is 73.6 Å². The molecule has 6 N–H and O–H groups in total. The Morgan fingerprint density at radius 3 is 2.25 bits per heavy atom. The third-order valence-corrected chi connectivity index (χ3v) is 22.3. The smallest absolute Gasteiger partial charge is 0.228 e. The van der Waals surface area contributed by atoms with Crippen LogP contribution in [0.4, 0.5) is 0 Å². The number of methoxy groups -OCH3 is 1. The fourth-order valence-corrected chi connectivity index (χ4v) is 16.7. The molecular weight excluding hydrogens is 1090 g/mol. The summed E-state index contributed by atoms with van der Waals surface area (Å²) in [6.07, 6.45) is 42.6. The van der Waals surface area contributed by atoms with Crippen molar-refractivity contribution in [3.8, 4) is 5.88 Å². The molecule has 0 radical (unpaired) electrons. The number of nitrogens with one attached hydrogen (secondary N) is 6. The van der Waals surface area contributed by atoms with Gasteiger partial charge < -0.3 is 56.2 Å². The van der Waals surface area contributed by atoms with Crippen molar-refractivity contribution >= 4 is 12.1 Å². The number of nitrogens with zero attached hydrogens (tertiary/aromatic N) is 7. The Kier molecular flexibility index (Phi) is 27.9. The summed E-state index contributed by atoms with van der Waals surface area (Å²) in [5, 5.41) is 24.8. The molecule has 0 aromatic carbocycles. The minimum absolute atomic E-state index is 0.00408. The van der Waals surface area contributed by atoms with Crippen LogP contribution in [0.25, 0.3) is 0 Å². The number of hydrogen-bond acceptors (Lipinski definition) is 14. The van der Waals surface area contributed by atoms with Crippen LogP contribution >= 0.6 is 0 Å². The van der Waals surface area contributed by atoms with Crippen molar-refractivity contribution in [1.82, 2.24) is 61.4 Å². The number of hydrogen-bond donors (Lipinski definition) is 6. The van der Waals surface area contributed by atoms with Gasteiger partial charge in [-0.3, -0.25) is 14.7 Å². The van der Waals surface area contributed by atoms with Crippen LogP contribution in [0.3, 0.4) is 0 Å². The highest BCUT2D eigenvalue weighted by Gasteiger charge is 2.56. The molecule has 496 valence electrons. The lowest BCUT2D eigenvalue weighted by Gasteiger charge is -2.60. The number of aromatic nitrogens is 1. The van der Waals surface area contributed by atoms with Crippen LogP contribution in [0.2, 0.25) is 0 Å². The van der Waals surface area contributed by atoms with Gasteiger partial charge in [0.25, 0.3) is 0 Å². The number of pyridine rings is 1. The van der Waals surface area contributed by atoms with Gasteiger partial charge in [-0.1, -0.05) is 98.0 Å². The first kappa shape index (κ1) is 69.9. The molecule has 1 spiro atoms. The number of piperidine rings is 1. The van der Waals surface area contributed by atoms with Crippen molar-refractivity contribution in [2.24, 2.45) is 34.6 Å². The molecule has 1 aromatic heterocycles. The lowest BCUT2D eigenvalue weighted by molar-refractivity contribution is -0.162. The molecule has 3 saturated heterocycles. The molecule has 5 heterocycles. The Bertz CT molecular complexity index is 2370. The number of amides is 1. The van der Waals surface area contributed by atoms with Crippen LogP contribution < -0.4 is 36.6 Å². The number of allylic oxidation sites excluding steroid dienone is 4. The van der Waals surface area contributed by atoms with E-state index in [9.17, 15) is 4.79 Å². The molecule has 0 bridgehead atoms. The van der Waals surface area contributed by atoms with Gasteiger partial charge >= 0.3 is 0 Å². The van der Waals surface area contributed by atoms with E-state index in [0.29, 0.717) is 72.2 Å². The van der Waals surface area contributed by atoms with Gasteiger partial charge in [0.05, 0.1) is 19.6 Å². The summed E-state index contributed by atoms with van der Waals surface area (Å²) in [4.78, 5) is 37.0. The van der Waals surface area contributed by atoms with E-state index >= 15 is 0 Å². The molecule has 1 amide bonds. The normalized spacial score (nSPS) is 31.1. The van der Waals surface area contributed by atoms with Crippen LogP contribution in [0.15, 0.2) is 71.3 Å². The SMILES string of the molecule is CC[C@H](C)[C@H]1CN[C@@H](CC(C)C)C(C)NCC2[C@@H](C(=O)N3CCCCC3)C(C)N2[C@@H](C2CCCC2)C(C)NC2(CCCC2)CNCCN=CC=C(CCc2ccc(OC)nc2)NC=CN(C)C=C(CC2CCCCC2)N(C)C=C2CCCN2[C@@H](C)C(C)N1. The number of ether oxygens (including phenoxy) is 1. The number of rotatable bonds is 12. The van der Waals surface area contributed by atoms with Crippen molar-refractivity contribution in [1.29, 1.82) is 0 Å². The zero-order chi connectivity index (χ0) is 62.6. The molecule has 88 heavy (non-hydrogen) atoms. The Morgan fingerprint density at radius 2 is 1.55 bits per heavy atom. The van der Waals surface area contributed by atoms with E-state index < -0.39 is 0 Å². The summed E-state index contributed by atoms with van der Waals surface area (Å²) in [5.41, 5.74) is 5.12. The Hall–Kier alpha value is -3.99. The maximum Gasteiger partial charge on any atom is 0.228 e. The number of likely N-dealkylation sites (tertiary alicyclic amines) is 1. The van der Waals surface area contributed by atoms with Gasteiger partial charge in [-0.05, 0) is 153 Å². The van der Waals surface area contributed by atoms with Crippen LogP contribution in [-0.2, 0) is 11.2 Å². The molecule has 3 saturated carbocycles. The summed E-state index contributed by atoms with van der Waals surface area (Å²) in [5.74, 6) is 3.42. The predicted molar refractivity (Wildman–Crippen MR) is 367 cm³/mol. The lowest BCUT2D eigenvalue weighted by Crippen LogP contribution is -2.76. The fraction of sp³-hybridized carbons (Fsp3) is 0.795. The first-order chi connectivity index (χ1) is 42.6. The molecule has 8 rings (SSSR count). The Labute approximate surface area is 536 Å². The molecule has 3 aliphatic carbocycles. The third kappa shape index (κ3) is 19.8. The van der Waals surface area contributed by atoms with Crippen LogP contribution in [0.5, 0.6) is 5.88 Å². The molecular formula is C73H127N13O2. The van der Waals surface area contributed by atoms with Gasteiger partial charge in [0.15, 0.2) is 0 Å². The fourth-order valence-electron chi connectivity index (χ4n) is 16.7. The summed E-state index contributed by atoms with van der Waals surface area (Å²) in [6, 6.07) is 6.55. The van der Waals surface area contributed by atoms with Crippen molar-refractivity contribution in [3.63, 3.8) is 0 Å². The van der Waals surface area contributed by atoms with Gasteiger partial charge in [0.1, 0.15) is 0 Å². The van der Waals surface area contributed by atoms with Crippen LogP contribution in [-0.4, -0.2) is 175 Å². The number of carbonyl (C=O) groups excluding carboxylic acids is 1. The number of aliphatic imine (C=N–C) groups is 1. The number of carbonyl (C=O) groups is 1. The molecule has 6 fully saturated rings. The van der Waals surface area contributed by atoms with Gasteiger partial charge in [-0.2, -0.15) is 0 Å². The van der Waals surface area contributed by atoms with E-state index in [0.717, 1.165) is 103 Å². The minimum Gasteiger partial charge on any atom is -0.481 e. The van der Waals surface area contributed by atoms with Gasteiger partial charge in [-0.15, -0.1) is 0 Å². The largest absolute Gasteiger partial charge is 0.481 e. The zero-order valence-corrected chi connectivity index (χ0v) is 57.6. The summed E-state index contributed by atoms with van der Waals surface area (Å²) < 4.78 is 5.37. The highest BCUT2D eigenvalue weighted by molar-refractivity contribution is 5.81. The van der Waals surface area contributed by atoms with E-state index in [1.807, 2.05) is 18.5 Å². The second kappa shape index (κ2) is 35.2. The second-order valence-corrected chi connectivity index (χ2v) is 29.3. The number of aryl methyl sites for hydroxylation is 1. The van der Waals surface area contributed by atoms with Crippen LogP contribution in [0.1, 0.15) is 209 Å². The first-order valence-electron chi connectivity index (χ1n) is 36.1. The average Bonchev–Trinajstić information content (AvgIpc) is 0.879. The number of fused-ring (bicyclic) bond motifs is 2. The second-order valence-electron chi connectivity index (χ2n) is 29.3. The van der Waals surface area contributed by atoms with E-state index in [1.54, 1.807) is 7.11 Å². The summed E-state index contributed by atoms with van der Waals surface area (Å²) >= 11 is 0. The molecule has 15 heteroatoms. The average molecular weight is 1220 g/mol. The monoisotopic (exact) mass is 1220 g/mol. The van der Waals surface area contributed by atoms with E-state index in [4.69, 9.17) is 9.73 Å². The molecule has 11 atom stereocenters. The molecule has 7 aliphatic rings. The molecule has 1 aromatic rings. The van der Waals surface area contributed by atoms with E-state index in [1.165, 1.54) is 113 Å². The van der Waals surface area contributed by atoms with Crippen molar-refractivity contribution in [3.05, 3.63) is 71.9 Å². The van der Waals surface area contributed by atoms with E-state index in [-0.39, 0.29) is 35.6 Å². The Balaban J connectivity index is 1.08. The van der Waals surface area contributed by atoms with Gasteiger partial charge in [-0.25, -0.2) is 4.98 Å². The highest BCUT2D eigenvalue weighted by atomic mass is 16.5. The third-order valence-electron chi connectivity index (χ3n) is 22.3. The summed E-state index contributed by atoms with van der Waals surface area (Å²) in [6.45, 7) is 29.0. The topological polar surface area (TPSA) is 140 Å². The highest BCUT2D eigenvalue weighted by Crippen LogP contribution is 2.44. The standard InChI is InChI=1S/C73H127N13O2/c1-13-54(4)67-48-78-66(45-53(2)3)56(6)77-49-68-70(72(87)84-41-22-15-23-42-84)59(9)86(68)71(62-27-18-19-28-62)57(7)81-73(35-20-21-36-73)52-75-39-38-74-37-34-63(32-30-61-31-33-69(88-12)79-47-61)76-40-44-82(10)50-65(46-60-25-16-14-17-26-60)83(11)51-64-29-24-43-85(64)58(8)55(5)80-67/h31,33-34,37,40,44,47,50-51,53-60,62,66-68,70-71,75-78,80-81H,13-30,32,35-36,38-39,41-43,45-46,48-49,52H2,1-12H3/t54-,55?,56?,57?,58-,59?,66-,67+,68?,70-,71+/m0/s1. The van der Waals surface area contributed by atoms with Crippen LogP contribution in [0, 0.1) is 29.6 Å². The molecule has 15 nitrogen and oxygen atoms in total. The van der Waals surface area contributed by atoms with Gasteiger partial charge in [0.2, 0.25) is 11.8 Å². The lowest BCUT2D eigenvalue weighted by atomic mass is 9.74. The summed E-state index contributed by atoms with van der Waals surface area (Å²) in [7, 11) is 6.14. The molecule has 5 unspecified atom stereocenters. The Morgan fingerprint density at radius 1 is 0.807 bits per heavy atom. The molecule has 4 aliphatic heterocycles. The maximum absolute atomic E-state index is 15.0. The zero-order valence-electron chi connectivity index (χ0n) is 57.6. The first-order valence-corrected chi connectivity index (χ1v) is 36.1. The minimum atomic E-state index is 0.00408. The van der Waals surface area contributed by atoms with Crippen molar-refractivity contribution < 1.29 is 9.53 Å². The quantitative estimate of drug-likeness (QED) is 0.118. The van der Waals surface area contributed by atoms with Crippen molar-refractivity contribution in [2.45, 2.75) is 270 Å². The predicted octanol–water partition coefficient (Wildman–Crippen LogP) is 11.6. The maximum atomic E-state index is 15.0. The van der Waals surface area contributed by atoms with E-state index in [2.05, 4.69) is 175 Å². The van der Waals surface area contributed by atoms with Gasteiger partial charge in [0, 0.05) is 180 Å².